The van der Waals surface area contributed by atoms with Crippen LogP contribution in [0.25, 0.3) is 11.1 Å². The monoisotopic (exact) mass is 773 g/mol. The van der Waals surface area contributed by atoms with E-state index in [4.69, 9.17) is 30.5 Å². The van der Waals surface area contributed by atoms with Crippen LogP contribution in [-0.2, 0) is 24.3 Å². The number of nitrogens with one attached hydrogen (secondary N) is 1. The largest absolute Gasteiger partial charge is 0.492 e. The molecule has 2 amide bonds. The van der Waals surface area contributed by atoms with Gasteiger partial charge < -0.3 is 29.0 Å². The van der Waals surface area contributed by atoms with Crippen molar-refractivity contribution >= 4 is 39.6 Å². The van der Waals surface area contributed by atoms with E-state index >= 15 is 0 Å². The number of aromatic nitrogens is 1. The minimum atomic E-state index is -4.00. The summed E-state index contributed by atoms with van der Waals surface area (Å²) in [6.07, 6.45) is 4.52. The molecule has 0 aliphatic heterocycles. The zero-order valence-electron chi connectivity index (χ0n) is 30.5. The number of carbonyl (C=O) groups is 3. The number of hydrogen-bond donors (Lipinski definition) is 2. The van der Waals surface area contributed by atoms with Gasteiger partial charge in [0.25, 0.3) is 5.91 Å². The van der Waals surface area contributed by atoms with E-state index < -0.39 is 39.7 Å². The summed E-state index contributed by atoms with van der Waals surface area (Å²) in [5.74, 6) is -0.896. The summed E-state index contributed by atoms with van der Waals surface area (Å²) < 4.78 is 50.0. The molecule has 0 saturated heterocycles. The first-order valence-electron chi connectivity index (χ1n) is 17.6. The van der Waals surface area contributed by atoms with Gasteiger partial charge >= 0.3 is 12.1 Å². The highest BCUT2D eigenvalue weighted by Gasteiger charge is 2.26. The lowest BCUT2D eigenvalue weighted by atomic mass is 9.97. The van der Waals surface area contributed by atoms with E-state index in [2.05, 4.69) is 9.71 Å². The molecule has 3 aromatic rings. The Hall–Kier alpha value is -4.40. The number of aliphatic hydroxyl groups excluding tert-OH is 1. The van der Waals surface area contributed by atoms with Crippen molar-refractivity contribution in [3.63, 3.8) is 0 Å². The smallest absolute Gasteiger partial charge is 0.410 e. The number of ether oxygens (including phenoxy) is 4. The Labute approximate surface area is 316 Å². The normalized spacial score (nSPS) is 14.2. The summed E-state index contributed by atoms with van der Waals surface area (Å²) in [5.41, 5.74) is 1.39. The third-order valence-corrected chi connectivity index (χ3v) is 9.73. The highest BCUT2D eigenvalue weighted by molar-refractivity contribution is 7.90. The molecule has 1 aliphatic rings. The minimum Gasteiger partial charge on any atom is -0.492 e. The van der Waals surface area contributed by atoms with Gasteiger partial charge in [0.15, 0.2) is 0 Å². The first-order chi connectivity index (χ1) is 25.1. The molecule has 2 aromatic carbocycles. The molecule has 53 heavy (non-hydrogen) atoms. The van der Waals surface area contributed by atoms with Crippen molar-refractivity contribution < 1.29 is 46.9 Å². The fourth-order valence-corrected chi connectivity index (χ4v) is 6.67. The van der Waals surface area contributed by atoms with E-state index in [1.165, 1.54) is 18.0 Å². The van der Waals surface area contributed by atoms with Gasteiger partial charge in [-0.1, -0.05) is 42.3 Å². The summed E-state index contributed by atoms with van der Waals surface area (Å²) in [7, 11) is -4.00. The number of sulfonamides is 1. The predicted molar refractivity (Wildman–Crippen MR) is 199 cm³/mol. The van der Waals surface area contributed by atoms with Crippen LogP contribution in [0.15, 0.2) is 60.8 Å². The average Bonchev–Trinajstić information content (AvgIpc) is 3.09. The van der Waals surface area contributed by atoms with Gasteiger partial charge in [-0.15, -0.1) is 0 Å². The van der Waals surface area contributed by atoms with Crippen LogP contribution in [0, 0.1) is 0 Å². The Morgan fingerprint density at radius 3 is 2.34 bits per heavy atom. The molecule has 1 fully saturated rings. The molecular weight excluding hydrogens is 726 g/mol. The van der Waals surface area contributed by atoms with Crippen molar-refractivity contribution in [3.05, 3.63) is 77.1 Å². The summed E-state index contributed by atoms with van der Waals surface area (Å²) >= 11 is 5.88. The maximum absolute atomic E-state index is 13.2. The molecule has 1 heterocycles. The zero-order chi connectivity index (χ0) is 38.6. The van der Waals surface area contributed by atoms with Gasteiger partial charge in [0.05, 0.1) is 43.2 Å². The van der Waals surface area contributed by atoms with Gasteiger partial charge in [-0.05, 0) is 94.3 Å². The quantitative estimate of drug-likeness (QED) is 0.0928. The fraction of sp³-hybridized carbons (Fsp3) is 0.474. The molecule has 0 bridgehead atoms. The highest BCUT2D eigenvalue weighted by atomic mass is 35.5. The van der Waals surface area contributed by atoms with E-state index in [0.717, 1.165) is 43.2 Å². The second-order valence-electron chi connectivity index (χ2n) is 13.8. The second kappa shape index (κ2) is 19.1. The summed E-state index contributed by atoms with van der Waals surface area (Å²) in [5, 5.41) is 11.1. The van der Waals surface area contributed by atoms with Crippen molar-refractivity contribution in [3.8, 4) is 22.6 Å². The van der Waals surface area contributed by atoms with E-state index in [9.17, 15) is 27.9 Å². The number of aliphatic hydroxyl groups is 1. The van der Waals surface area contributed by atoms with Crippen molar-refractivity contribution in [1.82, 2.24) is 14.6 Å². The van der Waals surface area contributed by atoms with Gasteiger partial charge in [0, 0.05) is 18.7 Å². The standard InChI is InChI=1S/C38H48ClN3O10S/c1-26(43)49-20-8-22-53(47,48)41-36(45)32-17-13-28(23-34(32)51-31-9-6-5-7-10-31)27-11-15-30(16-12-27)50-21-19-42(37(46)52-38(2,3)4)25-33(44)29-14-18-35(39)40-24-29/h11-18,23-24,31,33,44H,5-10,19-22,25H2,1-4H3,(H,41,45)/t33-/m1/s1. The Balaban J connectivity index is 1.44. The van der Waals surface area contributed by atoms with E-state index in [1.807, 2.05) is 12.1 Å². The van der Waals surface area contributed by atoms with Crippen molar-refractivity contribution in [1.29, 1.82) is 0 Å². The van der Waals surface area contributed by atoms with Crippen LogP contribution < -0.4 is 14.2 Å². The summed E-state index contributed by atoms with van der Waals surface area (Å²) in [4.78, 5) is 42.6. The molecule has 0 unspecified atom stereocenters. The second-order valence-corrected chi connectivity index (χ2v) is 16.0. The molecule has 2 N–H and O–H groups in total. The van der Waals surface area contributed by atoms with Crippen LogP contribution in [0.2, 0.25) is 5.15 Å². The predicted octanol–water partition coefficient (Wildman–Crippen LogP) is 6.48. The Morgan fingerprint density at radius 1 is 1.00 bits per heavy atom. The number of carbonyl (C=O) groups excluding carboxylic acids is 3. The van der Waals surface area contributed by atoms with Crippen LogP contribution >= 0.6 is 11.6 Å². The summed E-state index contributed by atoms with van der Waals surface area (Å²) in [6.45, 7) is 6.63. The minimum absolute atomic E-state index is 0.0413. The SMILES string of the molecule is CC(=O)OCCCS(=O)(=O)NC(=O)c1ccc(-c2ccc(OCCN(C[C@@H](O)c3ccc(Cl)nc3)C(=O)OC(C)(C)C)cc2)cc1OC1CCCCC1. The van der Waals surface area contributed by atoms with Crippen LogP contribution in [0.5, 0.6) is 11.5 Å². The molecule has 288 valence electrons. The zero-order valence-corrected chi connectivity index (χ0v) is 32.1. The molecule has 1 saturated carbocycles. The van der Waals surface area contributed by atoms with Crippen LogP contribution in [-0.4, -0.2) is 85.1 Å². The first kappa shape index (κ1) is 41.4. The van der Waals surface area contributed by atoms with Gasteiger partial charge in [-0.2, -0.15) is 0 Å². The van der Waals surface area contributed by atoms with Gasteiger partial charge in [-0.3, -0.25) is 9.59 Å². The fourth-order valence-electron chi connectivity index (χ4n) is 5.56. The number of rotatable bonds is 16. The van der Waals surface area contributed by atoms with E-state index in [-0.39, 0.29) is 61.0 Å². The van der Waals surface area contributed by atoms with Crippen molar-refractivity contribution in [2.24, 2.45) is 0 Å². The van der Waals surface area contributed by atoms with Crippen molar-refractivity contribution in [2.45, 2.75) is 84.0 Å². The third-order valence-electron chi connectivity index (χ3n) is 8.18. The maximum atomic E-state index is 13.2. The average molecular weight is 774 g/mol. The molecule has 0 radical (unpaired) electrons. The van der Waals surface area contributed by atoms with E-state index in [1.54, 1.807) is 63.2 Å². The number of nitrogens with zero attached hydrogens (tertiary/aromatic N) is 2. The Bertz CT molecular complexity index is 1790. The number of esters is 1. The molecule has 0 spiro atoms. The number of amides is 2. The molecule has 1 atom stereocenters. The summed E-state index contributed by atoms with van der Waals surface area (Å²) in [6, 6.07) is 15.4. The molecule has 13 nitrogen and oxygen atoms in total. The lowest BCUT2D eigenvalue weighted by Gasteiger charge is -2.29. The van der Waals surface area contributed by atoms with Gasteiger partial charge in [0.2, 0.25) is 10.0 Å². The van der Waals surface area contributed by atoms with Crippen molar-refractivity contribution in [2.75, 3.05) is 32.1 Å². The number of benzene rings is 2. The molecule has 1 aliphatic carbocycles. The van der Waals surface area contributed by atoms with Gasteiger partial charge in [0.1, 0.15) is 28.9 Å². The number of hydrogen-bond acceptors (Lipinski definition) is 11. The van der Waals surface area contributed by atoms with Gasteiger partial charge in [-0.25, -0.2) is 22.9 Å². The molecule has 1 aromatic heterocycles. The first-order valence-corrected chi connectivity index (χ1v) is 19.6. The maximum Gasteiger partial charge on any atom is 0.410 e. The van der Waals surface area contributed by atoms with E-state index in [0.29, 0.717) is 11.3 Å². The van der Waals surface area contributed by atoms with Crippen LogP contribution in [0.3, 0.4) is 0 Å². The lowest BCUT2D eigenvalue weighted by molar-refractivity contribution is -0.140. The third kappa shape index (κ3) is 13.8. The highest BCUT2D eigenvalue weighted by Crippen LogP contribution is 2.32. The molecule has 15 heteroatoms. The topological polar surface area (TPSA) is 171 Å². The number of pyridine rings is 1. The Kier molecular flexibility index (Phi) is 14.9. The Morgan fingerprint density at radius 2 is 1.70 bits per heavy atom. The van der Waals surface area contributed by atoms with Crippen LogP contribution in [0.4, 0.5) is 4.79 Å². The lowest BCUT2D eigenvalue weighted by Crippen LogP contribution is -2.41. The molecule has 4 rings (SSSR count). The number of halogens is 1. The molecular formula is C38H48ClN3O10S. The van der Waals surface area contributed by atoms with Crippen LogP contribution in [0.1, 0.15) is 88.2 Å².